The number of hydrogen-bond donors (Lipinski definition) is 2. The van der Waals surface area contributed by atoms with Crippen LogP contribution < -0.4 is 10.6 Å². The van der Waals surface area contributed by atoms with Crippen LogP contribution in [0.15, 0.2) is 4.99 Å². The van der Waals surface area contributed by atoms with E-state index >= 15 is 0 Å². The Morgan fingerprint density at radius 1 is 1.26 bits per heavy atom. The number of nitrogens with zero attached hydrogens (tertiary/aromatic N) is 4. The summed E-state index contributed by atoms with van der Waals surface area (Å²) < 4.78 is 13.1. The third-order valence-electron chi connectivity index (χ3n) is 5.26. The summed E-state index contributed by atoms with van der Waals surface area (Å²) in [4.78, 5) is 8.87. The Morgan fingerprint density at radius 3 is 2.89 bits per heavy atom. The minimum Gasteiger partial charge on any atom is -0.378 e. The minimum absolute atomic E-state index is 0.305. The number of nitrogens with one attached hydrogen (secondary N) is 2. The van der Waals surface area contributed by atoms with Gasteiger partial charge in [0, 0.05) is 39.8 Å². The van der Waals surface area contributed by atoms with Crippen LogP contribution in [0.1, 0.15) is 56.6 Å². The van der Waals surface area contributed by atoms with Crippen molar-refractivity contribution in [3.8, 4) is 0 Å². The molecule has 0 saturated heterocycles. The Bertz CT molecular complexity index is 597. The van der Waals surface area contributed by atoms with Gasteiger partial charge >= 0.3 is 0 Å². The zero-order chi connectivity index (χ0) is 18.9. The van der Waals surface area contributed by atoms with Crippen LogP contribution in [0.25, 0.3) is 0 Å². The molecule has 152 valence electrons. The second-order valence-electron chi connectivity index (χ2n) is 7.42. The number of guanidine groups is 1. The number of hydrogen-bond acceptors (Lipinski definition) is 5. The van der Waals surface area contributed by atoms with Crippen molar-refractivity contribution in [1.29, 1.82) is 0 Å². The number of aryl methyl sites for hydroxylation is 1. The molecule has 1 aliphatic carbocycles. The van der Waals surface area contributed by atoms with Gasteiger partial charge in [-0.3, -0.25) is 4.99 Å². The average Bonchev–Trinajstić information content (AvgIpc) is 3.09. The molecule has 0 amide bonds. The Hall–Kier alpha value is -1.67. The first-order chi connectivity index (χ1) is 13.3. The maximum atomic E-state index is 5.98. The Labute approximate surface area is 162 Å². The number of fused-ring (bicyclic) bond motifs is 1. The summed E-state index contributed by atoms with van der Waals surface area (Å²) in [5.74, 6) is 2.65. The van der Waals surface area contributed by atoms with Gasteiger partial charge in [0.25, 0.3) is 0 Å². The number of ether oxygens (including phenoxy) is 2. The van der Waals surface area contributed by atoms with E-state index in [4.69, 9.17) is 9.47 Å². The van der Waals surface area contributed by atoms with Crippen molar-refractivity contribution in [3.05, 3.63) is 11.6 Å². The predicted molar refractivity (Wildman–Crippen MR) is 105 cm³/mol. The van der Waals surface area contributed by atoms with Crippen LogP contribution in [-0.2, 0) is 29.0 Å². The lowest BCUT2D eigenvalue weighted by Crippen LogP contribution is -2.47. The summed E-state index contributed by atoms with van der Waals surface area (Å²) in [6.45, 7) is 2.95. The van der Waals surface area contributed by atoms with Gasteiger partial charge in [0.1, 0.15) is 12.4 Å². The first-order valence-electron chi connectivity index (χ1n) is 10.3. The van der Waals surface area contributed by atoms with Crippen LogP contribution in [0.4, 0.5) is 0 Å². The molecular formula is C19H34N6O2. The largest absolute Gasteiger partial charge is 0.378 e. The molecule has 2 heterocycles. The molecular weight excluding hydrogens is 344 g/mol. The van der Waals surface area contributed by atoms with E-state index in [1.807, 2.05) is 11.7 Å². The third kappa shape index (κ3) is 6.17. The van der Waals surface area contributed by atoms with Crippen molar-refractivity contribution in [1.82, 2.24) is 25.4 Å². The van der Waals surface area contributed by atoms with Gasteiger partial charge in [-0.05, 0) is 25.7 Å². The normalized spacial score (nSPS) is 21.1. The van der Waals surface area contributed by atoms with Crippen molar-refractivity contribution in [3.63, 3.8) is 0 Å². The third-order valence-corrected chi connectivity index (χ3v) is 5.26. The molecule has 3 rings (SSSR count). The fraction of sp³-hybridized carbons (Fsp3) is 0.842. The smallest absolute Gasteiger partial charge is 0.191 e. The molecule has 2 N–H and O–H groups in total. The molecule has 1 aromatic heterocycles. The molecule has 8 nitrogen and oxygen atoms in total. The summed E-state index contributed by atoms with van der Waals surface area (Å²) in [6.07, 6.45) is 9.89. The van der Waals surface area contributed by atoms with Crippen molar-refractivity contribution in [2.24, 2.45) is 4.99 Å². The number of aromatic nitrogens is 3. The highest BCUT2D eigenvalue weighted by Gasteiger charge is 2.22. The molecule has 0 bridgehead atoms. The van der Waals surface area contributed by atoms with Crippen molar-refractivity contribution >= 4 is 5.96 Å². The standard InChI is InChI=1S/C19H34N6O2/c1-20-19(21-11-6-12-27-16-7-4-3-5-8-16)22-15-9-10-18-23-17(14-26-2)24-25(18)13-15/h15-16H,3-14H2,1-2H3,(H2,20,21,22). The van der Waals surface area contributed by atoms with Crippen molar-refractivity contribution in [2.75, 3.05) is 27.3 Å². The lowest BCUT2D eigenvalue weighted by atomic mass is 9.98. The molecule has 8 heteroatoms. The molecule has 1 fully saturated rings. The Kier molecular flexibility index (Phi) is 7.89. The van der Waals surface area contributed by atoms with Crippen molar-refractivity contribution < 1.29 is 9.47 Å². The van der Waals surface area contributed by atoms with Crippen LogP contribution in [-0.4, -0.2) is 60.2 Å². The van der Waals surface area contributed by atoms with Crippen LogP contribution in [0.3, 0.4) is 0 Å². The number of aliphatic imine (C=N–C) groups is 1. The molecule has 1 unspecified atom stereocenters. The van der Waals surface area contributed by atoms with E-state index in [2.05, 4.69) is 25.7 Å². The average molecular weight is 379 g/mol. The van der Waals surface area contributed by atoms with E-state index in [0.717, 1.165) is 56.6 Å². The summed E-state index contributed by atoms with van der Waals surface area (Å²) in [5.41, 5.74) is 0. The van der Waals surface area contributed by atoms with Crippen LogP contribution in [0.2, 0.25) is 0 Å². The summed E-state index contributed by atoms with van der Waals surface area (Å²) >= 11 is 0. The van der Waals surface area contributed by atoms with Gasteiger partial charge in [0.2, 0.25) is 0 Å². The molecule has 1 saturated carbocycles. The van der Waals surface area contributed by atoms with E-state index in [0.29, 0.717) is 18.8 Å². The molecule has 0 radical (unpaired) electrons. The van der Waals surface area contributed by atoms with Gasteiger partial charge < -0.3 is 20.1 Å². The molecule has 0 spiro atoms. The fourth-order valence-corrected chi connectivity index (χ4v) is 3.82. The second-order valence-corrected chi connectivity index (χ2v) is 7.42. The SMILES string of the molecule is CN=C(NCCCOC1CCCCC1)NC1CCc2nc(COC)nn2C1. The zero-order valence-corrected chi connectivity index (χ0v) is 16.7. The van der Waals surface area contributed by atoms with E-state index in [1.54, 1.807) is 7.11 Å². The molecule has 1 atom stereocenters. The van der Waals surface area contributed by atoms with E-state index < -0.39 is 0 Å². The van der Waals surface area contributed by atoms with Gasteiger partial charge in [0.15, 0.2) is 11.8 Å². The van der Waals surface area contributed by atoms with Crippen LogP contribution in [0, 0.1) is 0 Å². The highest BCUT2D eigenvalue weighted by Crippen LogP contribution is 2.20. The fourth-order valence-electron chi connectivity index (χ4n) is 3.82. The van der Waals surface area contributed by atoms with Gasteiger partial charge in [-0.15, -0.1) is 0 Å². The minimum atomic E-state index is 0.305. The summed E-state index contributed by atoms with van der Waals surface area (Å²) in [5, 5.41) is 11.4. The quantitative estimate of drug-likeness (QED) is 0.406. The first kappa shape index (κ1) is 20.1. The Balaban J connectivity index is 1.35. The van der Waals surface area contributed by atoms with Gasteiger partial charge in [-0.25, -0.2) is 9.67 Å². The lowest BCUT2D eigenvalue weighted by molar-refractivity contribution is 0.0277. The van der Waals surface area contributed by atoms with Gasteiger partial charge in [0.05, 0.1) is 12.6 Å². The topological polar surface area (TPSA) is 85.6 Å². The molecule has 1 aliphatic heterocycles. The summed E-state index contributed by atoms with van der Waals surface area (Å²) in [7, 11) is 3.48. The molecule has 27 heavy (non-hydrogen) atoms. The molecule has 2 aliphatic rings. The van der Waals surface area contributed by atoms with Crippen molar-refractivity contribution in [2.45, 2.75) is 76.7 Å². The van der Waals surface area contributed by atoms with E-state index in [9.17, 15) is 0 Å². The van der Waals surface area contributed by atoms with E-state index in [1.165, 1.54) is 32.1 Å². The number of methoxy groups -OCH3 is 1. The Morgan fingerprint density at radius 2 is 2.11 bits per heavy atom. The summed E-state index contributed by atoms with van der Waals surface area (Å²) in [6, 6.07) is 0.305. The van der Waals surface area contributed by atoms with Crippen LogP contribution in [0.5, 0.6) is 0 Å². The lowest BCUT2D eigenvalue weighted by Gasteiger charge is -2.25. The predicted octanol–water partition coefficient (Wildman–Crippen LogP) is 1.64. The van der Waals surface area contributed by atoms with Gasteiger partial charge in [-0.1, -0.05) is 19.3 Å². The number of rotatable bonds is 8. The van der Waals surface area contributed by atoms with E-state index in [-0.39, 0.29) is 0 Å². The monoisotopic (exact) mass is 378 g/mol. The maximum absolute atomic E-state index is 5.98. The molecule has 1 aromatic rings. The molecule has 0 aromatic carbocycles. The maximum Gasteiger partial charge on any atom is 0.191 e. The van der Waals surface area contributed by atoms with Gasteiger partial charge in [-0.2, -0.15) is 5.10 Å². The highest BCUT2D eigenvalue weighted by atomic mass is 16.5. The highest BCUT2D eigenvalue weighted by molar-refractivity contribution is 5.79. The zero-order valence-electron chi connectivity index (χ0n) is 16.7. The first-order valence-corrected chi connectivity index (χ1v) is 10.3. The van der Waals surface area contributed by atoms with Crippen LogP contribution >= 0.6 is 0 Å². The second kappa shape index (κ2) is 10.6.